The fraction of sp³-hybridized carbons (Fsp3) is 0.250. The second-order valence-corrected chi connectivity index (χ2v) is 5.19. The van der Waals surface area contributed by atoms with Crippen LogP contribution < -0.4 is 0 Å². The molecule has 0 atom stereocenters. The molecule has 0 aromatic heterocycles. The lowest BCUT2D eigenvalue weighted by Crippen LogP contribution is -1.87. The smallest absolute Gasteiger partial charge is 0.0152 e. The summed E-state index contributed by atoms with van der Waals surface area (Å²) in [6, 6.07) is 25.8. The summed E-state index contributed by atoms with van der Waals surface area (Å²) in [5.74, 6) is 0. The fourth-order valence-electron chi connectivity index (χ4n) is 2.54. The highest BCUT2D eigenvalue weighted by atomic mass is 14.1. The molecule has 0 fully saturated rings. The molecule has 0 aliphatic heterocycles. The highest BCUT2D eigenvalue weighted by Crippen LogP contribution is 2.28. The van der Waals surface area contributed by atoms with Crippen LogP contribution in [0.5, 0.6) is 0 Å². The van der Waals surface area contributed by atoms with Crippen molar-refractivity contribution in [3.63, 3.8) is 0 Å². The normalized spacial score (nSPS) is 9.25. The Morgan fingerprint density at radius 3 is 1.54 bits per heavy atom. The van der Waals surface area contributed by atoms with Crippen molar-refractivity contribution in [2.75, 3.05) is 0 Å². The molecular formula is C24H30. The van der Waals surface area contributed by atoms with Gasteiger partial charge in [-0.05, 0) is 47.2 Å². The van der Waals surface area contributed by atoms with Gasteiger partial charge < -0.3 is 0 Å². The van der Waals surface area contributed by atoms with E-state index < -0.39 is 0 Å². The van der Waals surface area contributed by atoms with Gasteiger partial charge in [-0.15, -0.1) is 0 Å². The average molecular weight is 319 g/mol. The third-order valence-corrected chi connectivity index (χ3v) is 3.91. The van der Waals surface area contributed by atoms with Crippen LogP contribution in [0.1, 0.15) is 38.8 Å². The highest BCUT2D eigenvalue weighted by molar-refractivity contribution is 5.72. The molecule has 0 radical (unpaired) electrons. The van der Waals surface area contributed by atoms with Crippen LogP contribution in [0.3, 0.4) is 0 Å². The molecule has 3 aromatic rings. The lowest BCUT2D eigenvalue weighted by atomic mass is 9.95. The molecule has 0 saturated carbocycles. The predicted molar refractivity (Wildman–Crippen MR) is 109 cm³/mol. The molecular weight excluding hydrogens is 288 g/mol. The van der Waals surface area contributed by atoms with Crippen molar-refractivity contribution in [1.29, 1.82) is 0 Å². The first-order chi connectivity index (χ1) is 11.8. The topological polar surface area (TPSA) is 0 Å². The summed E-state index contributed by atoms with van der Waals surface area (Å²) in [6.07, 6.45) is 0. The molecule has 0 aliphatic carbocycles. The van der Waals surface area contributed by atoms with Crippen LogP contribution in [-0.2, 0) is 0 Å². The van der Waals surface area contributed by atoms with E-state index in [1.807, 2.05) is 33.8 Å². The zero-order valence-corrected chi connectivity index (χ0v) is 15.9. The van der Waals surface area contributed by atoms with Gasteiger partial charge in [0, 0.05) is 0 Å². The van der Waals surface area contributed by atoms with E-state index in [0.717, 1.165) is 0 Å². The van der Waals surface area contributed by atoms with Crippen LogP contribution in [-0.4, -0.2) is 0 Å². The van der Waals surface area contributed by atoms with E-state index in [9.17, 15) is 0 Å². The van der Waals surface area contributed by atoms with Gasteiger partial charge in [-0.25, -0.2) is 0 Å². The quantitative estimate of drug-likeness (QED) is 0.454. The molecule has 0 N–H and O–H groups in total. The molecule has 24 heavy (non-hydrogen) atoms. The van der Waals surface area contributed by atoms with E-state index in [1.54, 1.807) is 0 Å². The van der Waals surface area contributed by atoms with Gasteiger partial charge in [0.05, 0.1) is 0 Å². The van der Waals surface area contributed by atoms with E-state index in [-0.39, 0.29) is 0 Å². The number of benzene rings is 3. The van der Waals surface area contributed by atoms with Crippen LogP contribution in [0.25, 0.3) is 22.3 Å². The van der Waals surface area contributed by atoms with E-state index in [0.29, 0.717) is 0 Å². The number of rotatable bonds is 2. The maximum absolute atomic E-state index is 2.21. The first-order valence-electron chi connectivity index (χ1n) is 8.98. The number of hydrogen-bond acceptors (Lipinski definition) is 0. The second kappa shape index (κ2) is 10.4. The van der Waals surface area contributed by atoms with E-state index >= 15 is 0 Å². The molecule has 0 aliphatic rings. The molecule has 0 heterocycles. The molecule has 0 amide bonds. The zero-order valence-electron chi connectivity index (χ0n) is 15.9. The highest BCUT2D eigenvalue weighted by Gasteiger charge is 2.04. The van der Waals surface area contributed by atoms with Gasteiger partial charge in [0.15, 0.2) is 0 Å². The zero-order chi connectivity index (χ0) is 17.9. The molecule has 126 valence electrons. The molecule has 0 nitrogen and oxygen atoms in total. The minimum atomic E-state index is 1.26. The number of hydrogen-bond donors (Lipinski definition) is 0. The van der Waals surface area contributed by atoms with Gasteiger partial charge in [-0.3, -0.25) is 0 Å². The molecule has 0 unspecified atom stereocenters. The van der Waals surface area contributed by atoms with Gasteiger partial charge in [-0.1, -0.05) is 100 Å². The molecule has 0 heteroatoms. The summed E-state index contributed by atoms with van der Waals surface area (Å²) in [5, 5.41) is 0. The third-order valence-electron chi connectivity index (χ3n) is 3.91. The van der Waals surface area contributed by atoms with Gasteiger partial charge in [0.2, 0.25) is 0 Å². The van der Waals surface area contributed by atoms with E-state index in [1.165, 1.54) is 33.4 Å². The Labute approximate surface area is 148 Å². The Morgan fingerprint density at radius 1 is 0.458 bits per heavy atom. The van der Waals surface area contributed by atoms with Gasteiger partial charge in [-0.2, -0.15) is 0 Å². The Bertz CT molecular complexity index is 707. The SMILES string of the molecule is CC.CC.Cc1cccc(-c2ccc(-c3ccccc3)cc2)c1C. The van der Waals surface area contributed by atoms with Crippen LogP contribution in [0, 0.1) is 13.8 Å². The molecule has 3 rings (SSSR count). The monoisotopic (exact) mass is 318 g/mol. The number of aryl methyl sites for hydroxylation is 1. The van der Waals surface area contributed by atoms with Crippen molar-refractivity contribution in [2.45, 2.75) is 41.5 Å². The molecule has 0 bridgehead atoms. The van der Waals surface area contributed by atoms with Crippen molar-refractivity contribution < 1.29 is 0 Å². The lowest BCUT2D eigenvalue weighted by Gasteiger charge is -2.09. The Balaban J connectivity index is 0.000000671. The van der Waals surface area contributed by atoms with Crippen molar-refractivity contribution >= 4 is 0 Å². The van der Waals surface area contributed by atoms with Crippen LogP contribution in [0.2, 0.25) is 0 Å². The van der Waals surface area contributed by atoms with Gasteiger partial charge in [0.1, 0.15) is 0 Å². The van der Waals surface area contributed by atoms with Crippen molar-refractivity contribution in [3.05, 3.63) is 83.9 Å². The summed E-state index contributed by atoms with van der Waals surface area (Å²) in [4.78, 5) is 0. The lowest BCUT2D eigenvalue weighted by molar-refractivity contribution is 1.34. The Morgan fingerprint density at radius 2 is 0.958 bits per heavy atom. The minimum Gasteiger partial charge on any atom is -0.0683 e. The maximum atomic E-state index is 2.21. The van der Waals surface area contributed by atoms with E-state index in [2.05, 4.69) is 80.6 Å². The van der Waals surface area contributed by atoms with Gasteiger partial charge >= 0.3 is 0 Å². The Hall–Kier alpha value is -2.34. The summed E-state index contributed by atoms with van der Waals surface area (Å²) < 4.78 is 0. The predicted octanol–water partition coefficient (Wildman–Crippen LogP) is 7.69. The Kier molecular flexibility index (Phi) is 8.57. The van der Waals surface area contributed by atoms with Crippen LogP contribution >= 0.6 is 0 Å². The molecule has 0 saturated heterocycles. The minimum absolute atomic E-state index is 1.26. The summed E-state index contributed by atoms with van der Waals surface area (Å²) in [6.45, 7) is 12.4. The summed E-state index contributed by atoms with van der Waals surface area (Å²) in [5.41, 5.74) is 7.84. The first kappa shape index (κ1) is 19.7. The summed E-state index contributed by atoms with van der Waals surface area (Å²) >= 11 is 0. The van der Waals surface area contributed by atoms with Crippen molar-refractivity contribution in [1.82, 2.24) is 0 Å². The summed E-state index contributed by atoms with van der Waals surface area (Å²) in [7, 11) is 0. The maximum Gasteiger partial charge on any atom is -0.0152 e. The second-order valence-electron chi connectivity index (χ2n) is 5.19. The van der Waals surface area contributed by atoms with E-state index in [4.69, 9.17) is 0 Å². The third kappa shape index (κ3) is 4.83. The molecule has 0 spiro atoms. The average Bonchev–Trinajstić information content (AvgIpc) is 2.68. The van der Waals surface area contributed by atoms with Crippen LogP contribution in [0.15, 0.2) is 72.8 Å². The van der Waals surface area contributed by atoms with Crippen LogP contribution in [0.4, 0.5) is 0 Å². The first-order valence-corrected chi connectivity index (χ1v) is 8.98. The standard InChI is InChI=1S/C20H18.2C2H6/c1-15-7-6-10-20(16(15)2)19-13-11-18(12-14-19)17-8-4-3-5-9-17;2*1-2/h3-14H,1-2H3;2*1-2H3. The van der Waals surface area contributed by atoms with Crippen molar-refractivity contribution in [2.24, 2.45) is 0 Å². The largest absolute Gasteiger partial charge is 0.0683 e. The fourth-order valence-corrected chi connectivity index (χ4v) is 2.54. The van der Waals surface area contributed by atoms with Crippen molar-refractivity contribution in [3.8, 4) is 22.3 Å². The molecule has 3 aromatic carbocycles. The van der Waals surface area contributed by atoms with Gasteiger partial charge in [0.25, 0.3) is 0 Å².